The molecule has 1 aromatic carbocycles. The van der Waals surface area contributed by atoms with E-state index in [2.05, 4.69) is 24.0 Å². The second kappa shape index (κ2) is 6.94. The van der Waals surface area contributed by atoms with E-state index in [9.17, 15) is 4.79 Å². The minimum absolute atomic E-state index is 0.136. The van der Waals surface area contributed by atoms with Gasteiger partial charge in [0.25, 0.3) is 0 Å². The van der Waals surface area contributed by atoms with Crippen LogP contribution in [-0.2, 0) is 15.1 Å². The van der Waals surface area contributed by atoms with E-state index in [-0.39, 0.29) is 11.5 Å². The van der Waals surface area contributed by atoms with Gasteiger partial charge in [-0.05, 0) is 57.5 Å². The van der Waals surface area contributed by atoms with Crippen molar-refractivity contribution in [3.05, 3.63) is 29.8 Å². The topological polar surface area (TPSA) is 38.8 Å². The number of carbonyl (C=O) groups is 1. The Morgan fingerprint density at radius 3 is 2.38 bits per heavy atom. The largest absolute Gasteiger partial charge is 0.497 e. The number of rotatable bonds is 6. The molecule has 0 amide bonds. The van der Waals surface area contributed by atoms with Crippen LogP contribution in [-0.4, -0.2) is 37.7 Å². The van der Waals surface area contributed by atoms with Crippen LogP contribution in [0.25, 0.3) is 0 Å². The second-order valence-corrected chi connectivity index (χ2v) is 5.68. The lowest BCUT2D eigenvalue weighted by molar-refractivity contribution is -0.146. The number of carbonyl (C=O) groups excluding carboxylic acids is 1. The quantitative estimate of drug-likeness (QED) is 0.755. The lowest BCUT2D eigenvalue weighted by Gasteiger charge is -2.38. The van der Waals surface area contributed by atoms with Crippen LogP contribution in [0.3, 0.4) is 0 Å². The van der Waals surface area contributed by atoms with Crippen LogP contribution in [0, 0.1) is 0 Å². The van der Waals surface area contributed by atoms with Crippen LogP contribution < -0.4 is 4.74 Å². The molecule has 0 bridgehead atoms. The van der Waals surface area contributed by atoms with Crippen molar-refractivity contribution < 1.29 is 14.3 Å². The molecule has 0 spiro atoms. The van der Waals surface area contributed by atoms with Gasteiger partial charge in [-0.3, -0.25) is 9.69 Å². The summed E-state index contributed by atoms with van der Waals surface area (Å²) in [4.78, 5) is 14.4. The molecule has 4 nitrogen and oxygen atoms in total. The van der Waals surface area contributed by atoms with Crippen LogP contribution >= 0.6 is 0 Å². The van der Waals surface area contributed by atoms with Gasteiger partial charge in [-0.1, -0.05) is 12.1 Å². The Kier molecular flexibility index (Phi) is 5.23. The highest BCUT2D eigenvalue weighted by Gasteiger charge is 2.37. The second-order valence-electron chi connectivity index (χ2n) is 5.68. The highest BCUT2D eigenvalue weighted by molar-refractivity contribution is 5.71. The summed E-state index contributed by atoms with van der Waals surface area (Å²) in [7, 11) is 1.66. The van der Waals surface area contributed by atoms with Crippen LogP contribution in [0.1, 0.15) is 38.7 Å². The molecule has 21 heavy (non-hydrogen) atoms. The van der Waals surface area contributed by atoms with E-state index in [1.165, 1.54) is 12.8 Å². The molecule has 1 aromatic rings. The van der Waals surface area contributed by atoms with Gasteiger partial charge in [0.2, 0.25) is 0 Å². The maximum Gasteiger partial charge on any atom is 0.307 e. The van der Waals surface area contributed by atoms with Gasteiger partial charge in [0.1, 0.15) is 5.75 Å². The highest BCUT2D eigenvalue weighted by Crippen LogP contribution is 2.35. The zero-order chi connectivity index (χ0) is 15.3. The third-order valence-electron chi connectivity index (χ3n) is 4.31. The van der Waals surface area contributed by atoms with Crippen LogP contribution in [0.2, 0.25) is 0 Å². The molecule has 1 atom stereocenters. The number of benzene rings is 1. The summed E-state index contributed by atoms with van der Waals surface area (Å²) in [5.41, 5.74) is 0.827. The number of methoxy groups -OCH3 is 1. The fourth-order valence-corrected chi connectivity index (χ4v) is 3.05. The van der Waals surface area contributed by atoms with Crippen LogP contribution in [0.15, 0.2) is 24.3 Å². The first kappa shape index (κ1) is 15.8. The molecule has 0 N–H and O–H groups in total. The molecule has 0 saturated carbocycles. The fourth-order valence-electron chi connectivity index (χ4n) is 3.05. The third-order valence-corrected chi connectivity index (χ3v) is 4.31. The number of likely N-dealkylation sites (tertiary alicyclic amines) is 1. The molecule has 1 aliphatic heterocycles. The van der Waals surface area contributed by atoms with Gasteiger partial charge in [0.05, 0.1) is 25.7 Å². The lowest BCUT2D eigenvalue weighted by atomic mass is 9.87. The predicted octanol–water partition coefficient (Wildman–Crippen LogP) is 2.96. The minimum atomic E-state index is -0.310. The Labute approximate surface area is 127 Å². The molecule has 116 valence electrons. The SMILES string of the molecule is CCOC(=O)CC(C)(c1ccc(OC)cc1)N1CCCC1. The lowest BCUT2D eigenvalue weighted by Crippen LogP contribution is -2.44. The van der Waals surface area contributed by atoms with Crippen LogP contribution in [0.5, 0.6) is 5.75 Å². The van der Waals surface area contributed by atoms with E-state index in [1.807, 2.05) is 19.1 Å². The van der Waals surface area contributed by atoms with Crippen molar-refractivity contribution in [2.24, 2.45) is 0 Å². The summed E-state index contributed by atoms with van der Waals surface area (Å²) in [5, 5.41) is 0. The van der Waals surface area contributed by atoms with Gasteiger partial charge >= 0.3 is 5.97 Å². The van der Waals surface area contributed by atoms with E-state index >= 15 is 0 Å². The summed E-state index contributed by atoms with van der Waals surface area (Å²) in [6.45, 7) is 6.47. The summed E-state index contributed by atoms with van der Waals surface area (Å²) in [6, 6.07) is 8.01. The molecule has 0 aromatic heterocycles. The summed E-state index contributed by atoms with van der Waals surface area (Å²) in [5.74, 6) is 0.696. The van der Waals surface area contributed by atoms with Gasteiger partial charge in [0.15, 0.2) is 0 Å². The van der Waals surface area contributed by atoms with E-state index < -0.39 is 0 Å². The average molecular weight is 291 g/mol. The molecule has 1 aliphatic rings. The van der Waals surface area contributed by atoms with Crippen molar-refractivity contribution >= 4 is 5.97 Å². The number of hydrogen-bond donors (Lipinski definition) is 0. The maximum atomic E-state index is 12.0. The van der Waals surface area contributed by atoms with Crippen molar-refractivity contribution in [3.63, 3.8) is 0 Å². The van der Waals surface area contributed by atoms with E-state index in [1.54, 1.807) is 7.11 Å². The number of hydrogen-bond acceptors (Lipinski definition) is 4. The first-order valence-electron chi connectivity index (χ1n) is 7.65. The van der Waals surface area contributed by atoms with E-state index in [0.29, 0.717) is 13.0 Å². The van der Waals surface area contributed by atoms with Crippen molar-refractivity contribution in [1.82, 2.24) is 4.90 Å². The Bertz CT molecular complexity index is 465. The highest BCUT2D eigenvalue weighted by atomic mass is 16.5. The maximum absolute atomic E-state index is 12.0. The summed E-state index contributed by atoms with van der Waals surface area (Å²) < 4.78 is 10.4. The number of ether oxygens (including phenoxy) is 2. The Hall–Kier alpha value is -1.55. The number of esters is 1. The standard InChI is InChI=1S/C17H25NO3/c1-4-21-16(19)13-17(2,18-11-5-6-12-18)14-7-9-15(20-3)10-8-14/h7-10H,4-6,11-13H2,1-3H3. The van der Waals surface area contributed by atoms with Crippen molar-refractivity contribution in [1.29, 1.82) is 0 Å². The molecular formula is C17H25NO3. The van der Waals surface area contributed by atoms with E-state index in [4.69, 9.17) is 9.47 Å². The normalized spacial score (nSPS) is 18.2. The van der Waals surface area contributed by atoms with Gasteiger partial charge in [-0.15, -0.1) is 0 Å². The molecule has 1 fully saturated rings. The summed E-state index contributed by atoms with van der Waals surface area (Å²) in [6.07, 6.45) is 2.76. The molecule has 2 rings (SSSR count). The van der Waals surface area contributed by atoms with Crippen LogP contribution in [0.4, 0.5) is 0 Å². The summed E-state index contributed by atoms with van der Waals surface area (Å²) >= 11 is 0. The fraction of sp³-hybridized carbons (Fsp3) is 0.588. The zero-order valence-corrected chi connectivity index (χ0v) is 13.2. The van der Waals surface area contributed by atoms with E-state index in [0.717, 1.165) is 24.4 Å². The Balaban J connectivity index is 2.26. The molecule has 0 radical (unpaired) electrons. The molecule has 1 heterocycles. The van der Waals surface area contributed by atoms with Crippen molar-refractivity contribution in [2.75, 3.05) is 26.8 Å². The van der Waals surface area contributed by atoms with Crippen molar-refractivity contribution in [2.45, 2.75) is 38.6 Å². The average Bonchev–Trinajstić information content (AvgIpc) is 3.02. The first-order chi connectivity index (χ1) is 10.1. The molecule has 4 heteroatoms. The van der Waals surface area contributed by atoms with Gasteiger partial charge in [-0.25, -0.2) is 0 Å². The predicted molar refractivity (Wildman–Crippen MR) is 82.4 cm³/mol. The minimum Gasteiger partial charge on any atom is -0.497 e. The molecular weight excluding hydrogens is 266 g/mol. The zero-order valence-electron chi connectivity index (χ0n) is 13.2. The third kappa shape index (κ3) is 3.56. The van der Waals surface area contributed by atoms with Gasteiger partial charge in [0, 0.05) is 0 Å². The Morgan fingerprint density at radius 1 is 1.24 bits per heavy atom. The van der Waals surface area contributed by atoms with Gasteiger partial charge in [-0.2, -0.15) is 0 Å². The Morgan fingerprint density at radius 2 is 1.86 bits per heavy atom. The molecule has 1 unspecified atom stereocenters. The first-order valence-corrected chi connectivity index (χ1v) is 7.65. The number of nitrogens with zero attached hydrogens (tertiary/aromatic N) is 1. The molecule has 1 saturated heterocycles. The van der Waals surface area contributed by atoms with Crippen molar-refractivity contribution in [3.8, 4) is 5.75 Å². The van der Waals surface area contributed by atoms with Gasteiger partial charge < -0.3 is 9.47 Å². The smallest absolute Gasteiger partial charge is 0.307 e. The molecule has 0 aliphatic carbocycles. The monoisotopic (exact) mass is 291 g/mol.